The molecule has 34 heavy (non-hydrogen) atoms. The zero-order chi connectivity index (χ0) is 25.0. The molecule has 2 aliphatic heterocycles. The number of aryl methyl sites for hydroxylation is 1. The maximum absolute atomic E-state index is 13.2. The third kappa shape index (κ3) is 5.57. The molecule has 1 N–H and O–H groups in total. The summed E-state index contributed by atoms with van der Waals surface area (Å²) in [6.07, 6.45) is 11.9. The minimum Gasteiger partial charge on any atom is -0.445 e. The van der Waals surface area contributed by atoms with E-state index in [0.717, 1.165) is 22.4 Å². The summed E-state index contributed by atoms with van der Waals surface area (Å²) in [4.78, 5) is 33.2. The molecule has 0 bridgehead atoms. The Morgan fingerprint density at radius 3 is 2.56 bits per heavy atom. The van der Waals surface area contributed by atoms with Gasteiger partial charge in [0.1, 0.15) is 12.2 Å². The number of hydrogen-bond donors (Lipinski definition) is 1. The fraction of sp³-hybridized carbons (Fsp3) is 0.556. The number of carbonyl (C=O) groups is 2. The number of rotatable bonds is 5. The van der Waals surface area contributed by atoms with Gasteiger partial charge in [-0.1, -0.05) is 30.4 Å². The quantitative estimate of drug-likeness (QED) is 0.554. The summed E-state index contributed by atoms with van der Waals surface area (Å²) in [5, 5.41) is 0. The molecule has 1 aromatic rings. The van der Waals surface area contributed by atoms with Crippen molar-refractivity contribution in [2.24, 2.45) is 0 Å². The number of nitrogens with zero attached hydrogens (tertiary/aromatic N) is 2. The first-order chi connectivity index (χ1) is 16.1. The number of aromatic nitrogens is 1. The number of fused-ring (bicyclic) bond motifs is 1. The molecule has 186 valence electrons. The molecule has 2 aliphatic rings. The van der Waals surface area contributed by atoms with E-state index in [4.69, 9.17) is 9.47 Å². The van der Waals surface area contributed by atoms with Crippen molar-refractivity contribution in [3.8, 4) is 0 Å². The van der Waals surface area contributed by atoms with Crippen LogP contribution in [0.3, 0.4) is 0 Å². The molecular formula is C27H39N3O4. The van der Waals surface area contributed by atoms with Crippen molar-refractivity contribution in [3.05, 3.63) is 52.9 Å². The Morgan fingerprint density at radius 1 is 1.18 bits per heavy atom. The van der Waals surface area contributed by atoms with E-state index in [1.54, 1.807) is 0 Å². The summed E-state index contributed by atoms with van der Waals surface area (Å²) in [7, 11) is 0. The lowest BCUT2D eigenvalue weighted by Crippen LogP contribution is -2.45. The van der Waals surface area contributed by atoms with Gasteiger partial charge in [-0.2, -0.15) is 0 Å². The lowest BCUT2D eigenvalue weighted by molar-refractivity contribution is 0.0210. The fourth-order valence-electron chi connectivity index (χ4n) is 4.93. The lowest BCUT2D eigenvalue weighted by atomic mass is 9.90. The normalized spacial score (nSPS) is 23.3. The van der Waals surface area contributed by atoms with Crippen molar-refractivity contribution in [2.75, 3.05) is 19.7 Å². The molecule has 0 aromatic carbocycles. The SMILES string of the molecule is C/C=C\C=C(/C)COC(=O)N1C[C@H](c2c[nH]c(C)c2/C=C\C)[C@@H]2[C@H]1CCN2C(=O)OC(C)(C)C. The topological polar surface area (TPSA) is 74.9 Å². The van der Waals surface area contributed by atoms with E-state index in [1.807, 2.05) is 88.8 Å². The second-order valence-corrected chi connectivity index (χ2v) is 10.2. The van der Waals surface area contributed by atoms with Crippen molar-refractivity contribution in [2.45, 2.75) is 78.5 Å². The smallest absolute Gasteiger partial charge is 0.410 e. The highest BCUT2D eigenvalue weighted by atomic mass is 16.6. The summed E-state index contributed by atoms with van der Waals surface area (Å²) in [6, 6.07) is -0.278. The predicted octanol–water partition coefficient (Wildman–Crippen LogP) is 5.79. The van der Waals surface area contributed by atoms with E-state index in [9.17, 15) is 9.59 Å². The molecule has 2 fully saturated rings. The van der Waals surface area contributed by atoms with E-state index in [0.29, 0.717) is 19.5 Å². The lowest BCUT2D eigenvalue weighted by Gasteiger charge is -2.31. The third-order valence-corrected chi connectivity index (χ3v) is 6.38. The van der Waals surface area contributed by atoms with Crippen molar-refractivity contribution in [1.82, 2.24) is 14.8 Å². The molecule has 7 heteroatoms. The zero-order valence-electron chi connectivity index (χ0n) is 21.6. The highest BCUT2D eigenvalue weighted by Crippen LogP contribution is 2.43. The van der Waals surface area contributed by atoms with Crippen LogP contribution in [0.25, 0.3) is 6.08 Å². The molecule has 1 aromatic heterocycles. The van der Waals surface area contributed by atoms with E-state index < -0.39 is 5.60 Å². The molecule has 2 amide bonds. The molecule has 0 unspecified atom stereocenters. The number of carbonyl (C=O) groups excluding carboxylic acids is 2. The Bertz CT molecular complexity index is 982. The van der Waals surface area contributed by atoms with Crippen molar-refractivity contribution in [1.29, 1.82) is 0 Å². The van der Waals surface area contributed by atoms with Gasteiger partial charge in [-0.3, -0.25) is 0 Å². The minimum absolute atomic E-state index is 0.0385. The summed E-state index contributed by atoms with van der Waals surface area (Å²) < 4.78 is 11.4. The molecule has 3 atom stereocenters. The summed E-state index contributed by atoms with van der Waals surface area (Å²) in [6.45, 7) is 14.8. The Labute approximate surface area is 203 Å². The number of nitrogens with one attached hydrogen (secondary N) is 1. The van der Waals surface area contributed by atoms with Crippen LogP contribution in [-0.2, 0) is 9.47 Å². The van der Waals surface area contributed by atoms with Crippen molar-refractivity contribution in [3.63, 3.8) is 0 Å². The second kappa shape index (κ2) is 10.5. The van der Waals surface area contributed by atoms with Gasteiger partial charge in [-0.15, -0.1) is 0 Å². The minimum atomic E-state index is -0.584. The van der Waals surface area contributed by atoms with Crippen LogP contribution in [0.4, 0.5) is 9.59 Å². The van der Waals surface area contributed by atoms with Gasteiger partial charge in [0.15, 0.2) is 0 Å². The van der Waals surface area contributed by atoms with Gasteiger partial charge >= 0.3 is 12.2 Å². The Kier molecular flexibility index (Phi) is 7.95. The number of H-pyrrole nitrogens is 1. The maximum atomic E-state index is 13.2. The monoisotopic (exact) mass is 469 g/mol. The van der Waals surface area contributed by atoms with Gasteiger partial charge in [0.25, 0.3) is 0 Å². The second-order valence-electron chi connectivity index (χ2n) is 10.2. The standard InChI is InChI=1S/C27H39N3O4/c1-8-10-12-18(3)17-33-25(31)30-16-22(21-15-28-19(4)20(21)11-9-2)24-23(30)13-14-29(24)26(32)34-27(5,6)7/h8-12,15,22-24,28H,13-14,16-17H2,1-7H3/b10-8-,11-9-,18-12+/t22-,23-,24-/m1/s1. The molecule has 0 spiro atoms. The highest BCUT2D eigenvalue weighted by molar-refractivity contribution is 5.73. The molecule has 2 saturated heterocycles. The Balaban J connectivity index is 1.90. The Hall–Kier alpha value is -2.96. The first-order valence-corrected chi connectivity index (χ1v) is 12.1. The van der Waals surface area contributed by atoms with Crippen LogP contribution in [-0.4, -0.2) is 64.4 Å². The largest absolute Gasteiger partial charge is 0.445 e. The summed E-state index contributed by atoms with van der Waals surface area (Å²) >= 11 is 0. The predicted molar refractivity (Wildman–Crippen MR) is 135 cm³/mol. The zero-order valence-corrected chi connectivity index (χ0v) is 21.6. The number of aromatic amines is 1. The average Bonchev–Trinajstić information content (AvgIpc) is 3.44. The number of ether oxygens (including phenoxy) is 2. The Morgan fingerprint density at radius 2 is 1.91 bits per heavy atom. The third-order valence-electron chi connectivity index (χ3n) is 6.38. The molecular weight excluding hydrogens is 430 g/mol. The molecule has 3 rings (SSSR count). The first kappa shape index (κ1) is 25.7. The van der Waals surface area contributed by atoms with Crippen molar-refractivity contribution < 1.29 is 19.1 Å². The van der Waals surface area contributed by atoms with Crippen LogP contribution in [0.2, 0.25) is 0 Å². The number of likely N-dealkylation sites (tertiary alicyclic amines) is 2. The number of hydrogen-bond acceptors (Lipinski definition) is 4. The van der Waals surface area contributed by atoms with Crippen LogP contribution in [0.1, 0.15) is 70.7 Å². The first-order valence-electron chi connectivity index (χ1n) is 12.1. The van der Waals surface area contributed by atoms with Gasteiger partial charge in [0, 0.05) is 30.9 Å². The maximum Gasteiger partial charge on any atom is 0.410 e. The number of allylic oxidation sites excluding steroid dienone is 4. The van der Waals surface area contributed by atoms with E-state index in [2.05, 4.69) is 11.1 Å². The van der Waals surface area contributed by atoms with E-state index in [-0.39, 0.29) is 36.8 Å². The van der Waals surface area contributed by atoms with E-state index >= 15 is 0 Å². The van der Waals surface area contributed by atoms with Gasteiger partial charge in [-0.25, -0.2) is 9.59 Å². The highest BCUT2D eigenvalue weighted by Gasteiger charge is 2.54. The molecule has 3 heterocycles. The summed E-state index contributed by atoms with van der Waals surface area (Å²) in [5.74, 6) is -0.0385. The summed E-state index contributed by atoms with van der Waals surface area (Å²) in [5.41, 5.74) is 3.68. The van der Waals surface area contributed by atoms with Gasteiger partial charge in [-0.05, 0) is 71.6 Å². The van der Waals surface area contributed by atoms with Gasteiger partial charge < -0.3 is 24.3 Å². The molecule has 0 radical (unpaired) electrons. The van der Waals surface area contributed by atoms with Crippen LogP contribution in [0.15, 0.2) is 36.1 Å². The van der Waals surface area contributed by atoms with Gasteiger partial charge in [0.2, 0.25) is 0 Å². The molecule has 0 saturated carbocycles. The molecule has 7 nitrogen and oxygen atoms in total. The van der Waals surface area contributed by atoms with Crippen LogP contribution in [0.5, 0.6) is 0 Å². The average molecular weight is 470 g/mol. The van der Waals surface area contributed by atoms with Crippen molar-refractivity contribution >= 4 is 18.3 Å². The van der Waals surface area contributed by atoms with Gasteiger partial charge in [0.05, 0.1) is 12.1 Å². The van der Waals surface area contributed by atoms with Crippen LogP contribution in [0, 0.1) is 6.92 Å². The number of amides is 2. The fourth-order valence-corrected chi connectivity index (χ4v) is 4.93. The van der Waals surface area contributed by atoms with Crippen LogP contribution >= 0.6 is 0 Å². The van der Waals surface area contributed by atoms with E-state index in [1.165, 1.54) is 0 Å². The van der Waals surface area contributed by atoms with Crippen LogP contribution < -0.4 is 0 Å². The molecule has 0 aliphatic carbocycles.